The number of hydrogen-bond acceptors (Lipinski definition) is 5. The van der Waals surface area contributed by atoms with Crippen LogP contribution in [0.3, 0.4) is 0 Å². The van der Waals surface area contributed by atoms with Crippen LogP contribution in [0.15, 0.2) is 46.3 Å². The minimum atomic E-state index is -3.41. The smallest absolute Gasteiger partial charge is 0.248 e. The van der Waals surface area contributed by atoms with Crippen LogP contribution < -0.4 is 9.54 Å². The third-order valence-electron chi connectivity index (χ3n) is 4.93. The van der Waals surface area contributed by atoms with Crippen molar-refractivity contribution < 1.29 is 17.9 Å². The second kappa shape index (κ2) is 9.14. The zero-order valence-electron chi connectivity index (χ0n) is 17.6. The highest BCUT2D eigenvalue weighted by molar-refractivity contribution is 7.91. The maximum absolute atomic E-state index is 12.5. The molecule has 0 bridgehead atoms. The summed E-state index contributed by atoms with van der Waals surface area (Å²) < 4.78 is 33.4. The van der Waals surface area contributed by atoms with Crippen molar-refractivity contribution in [3.05, 3.63) is 52.3 Å². The van der Waals surface area contributed by atoms with Gasteiger partial charge in [-0.15, -0.1) is 0 Å². The first-order chi connectivity index (χ1) is 14.3. The summed E-state index contributed by atoms with van der Waals surface area (Å²) in [6, 6.07) is 10.7. The first-order valence-corrected chi connectivity index (χ1v) is 12.3. The van der Waals surface area contributed by atoms with E-state index in [0.717, 1.165) is 27.1 Å². The quantitative estimate of drug-likeness (QED) is 0.549. The number of nitrogens with zero attached hydrogens (tertiary/aromatic N) is 2. The van der Waals surface area contributed by atoms with E-state index in [0.29, 0.717) is 11.3 Å². The highest BCUT2D eigenvalue weighted by Crippen LogP contribution is 2.30. The van der Waals surface area contributed by atoms with E-state index in [-0.39, 0.29) is 29.4 Å². The molecule has 1 amide bonds. The fourth-order valence-corrected chi connectivity index (χ4v) is 5.77. The van der Waals surface area contributed by atoms with E-state index in [1.807, 2.05) is 37.5 Å². The summed E-state index contributed by atoms with van der Waals surface area (Å²) in [4.78, 5) is 17.6. The van der Waals surface area contributed by atoms with Gasteiger partial charge in [0.15, 0.2) is 14.6 Å². The van der Waals surface area contributed by atoms with Gasteiger partial charge < -0.3 is 9.30 Å². The highest BCUT2D eigenvalue weighted by atomic mass is 32.2. The molecule has 0 aliphatic rings. The Balaban J connectivity index is 1.79. The van der Waals surface area contributed by atoms with Gasteiger partial charge in [0.05, 0.1) is 22.5 Å². The van der Waals surface area contributed by atoms with Crippen LogP contribution in [0, 0.1) is 13.8 Å². The van der Waals surface area contributed by atoms with Crippen molar-refractivity contribution in [1.29, 1.82) is 0 Å². The predicted molar refractivity (Wildman–Crippen MR) is 120 cm³/mol. The molecule has 6 nitrogen and oxygen atoms in total. The van der Waals surface area contributed by atoms with Crippen molar-refractivity contribution in [2.24, 2.45) is 4.99 Å². The molecule has 1 aromatic heterocycles. The van der Waals surface area contributed by atoms with Crippen molar-refractivity contribution in [2.75, 3.05) is 12.9 Å². The normalized spacial score (nSPS) is 12.5. The van der Waals surface area contributed by atoms with Crippen LogP contribution in [0.1, 0.15) is 30.9 Å². The molecule has 160 valence electrons. The summed E-state index contributed by atoms with van der Waals surface area (Å²) in [5, 5.41) is 0. The number of sulfone groups is 1. The minimum absolute atomic E-state index is 0.0789. The van der Waals surface area contributed by atoms with E-state index in [9.17, 15) is 13.2 Å². The zero-order valence-corrected chi connectivity index (χ0v) is 19.3. The molecular weight excluding hydrogens is 420 g/mol. The Morgan fingerprint density at radius 3 is 2.47 bits per heavy atom. The van der Waals surface area contributed by atoms with E-state index >= 15 is 0 Å². The predicted octanol–water partition coefficient (Wildman–Crippen LogP) is 4.03. The van der Waals surface area contributed by atoms with Crippen molar-refractivity contribution in [3.63, 3.8) is 0 Å². The average Bonchev–Trinajstić information content (AvgIpc) is 3.07. The third-order valence-corrected chi connectivity index (χ3v) is 7.96. The number of hydrogen-bond donors (Lipinski definition) is 0. The fourth-order valence-electron chi connectivity index (χ4n) is 3.26. The molecule has 8 heteroatoms. The Morgan fingerprint density at radius 2 is 1.83 bits per heavy atom. The molecule has 0 saturated heterocycles. The maximum Gasteiger partial charge on any atom is 0.248 e. The minimum Gasteiger partial charge on any atom is -0.495 e. The monoisotopic (exact) mass is 446 g/mol. The highest BCUT2D eigenvalue weighted by Gasteiger charge is 2.16. The summed E-state index contributed by atoms with van der Waals surface area (Å²) >= 11 is 1.45. The Bertz CT molecular complexity index is 1240. The second-order valence-corrected chi connectivity index (χ2v) is 10.2. The van der Waals surface area contributed by atoms with E-state index in [1.165, 1.54) is 11.3 Å². The second-order valence-electron chi connectivity index (χ2n) is 7.13. The number of aromatic nitrogens is 1. The molecule has 30 heavy (non-hydrogen) atoms. The summed E-state index contributed by atoms with van der Waals surface area (Å²) in [7, 11) is -1.78. The van der Waals surface area contributed by atoms with Crippen LogP contribution in [0.25, 0.3) is 10.2 Å². The molecule has 3 aromatic rings. The van der Waals surface area contributed by atoms with Gasteiger partial charge in [-0.25, -0.2) is 8.42 Å². The van der Waals surface area contributed by atoms with Gasteiger partial charge in [-0.05, 0) is 51.0 Å². The number of amides is 1. The zero-order chi connectivity index (χ0) is 21.9. The van der Waals surface area contributed by atoms with E-state index in [2.05, 4.69) is 4.99 Å². The number of carbonyl (C=O) groups is 1. The number of thiazole rings is 1. The van der Waals surface area contributed by atoms with Gasteiger partial charge in [0, 0.05) is 13.0 Å². The Kier molecular flexibility index (Phi) is 6.77. The number of benzene rings is 2. The maximum atomic E-state index is 12.5. The molecule has 0 aliphatic heterocycles. The standard InChI is InChI=1S/C22H26N2O4S2/c1-5-24-20-18(28-4)13-10-16(3)21(20)29-22(24)23-19(25)7-6-14-30(26,27)17-11-8-15(2)9-12-17/h8-13H,5-7,14H2,1-4H3. The molecule has 0 N–H and O–H groups in total. The summed E-state index contributed by atoms with van der Waals surface area (Å²) in [6.07, 6.45) is 0.317. The first kappa shape index (κ1) is 22.2. The lowest BCUT2D eigenvalue weighted by molar-refractivity contribution is -0.118. The molecule has 0 saturated carbocycles. The molecule has 0 fully saturated rings. The average molecular weight is 447 g/mol. The third kappa shape index (κ3) is 4.65. The number of aryl methyl sites for hydroxylation is 3. The van der Waals surface area contributed by atoms with Crippen LogP contribution in [-0.2, 0) is 21.2 Å². The van der Waals surface area contributed by atoms with Gasteiger partial charge in [-0.1, -0.05) is 35.1 Å². The number of rotatable bonds is 7. The van der Waals surface area contributed by atoms with Gasteiger partial charge in [0.25, 0.3) is 0 Å². The van der Waals surface area contributed by atoms with E-state index in [1.54, 1.807) is 31.4 Å². The SMILES string of the molecule is CCn1c(=NC(=O)CCCS(=O)(=O)c2ccc(C)cc2)sc2c(C)ccc(OC)c21. The van der Waals surface area contributed by atoms with Gasteiger partial charge in [-0.3, -0.25) is 4.79 Å². The summed E-state index contributed by atoms with van der Waals surface area (Å²) in [5.74, 6) is 0.344. The van der Waals surface area contributed by atoms with Gasteiger partial charge in [0.2, 0.25) is 5.91 Å². The van der Waals surface area contributed by atoms with Crippen LogP contribution in [-0.4, -0.2) is 31.8 Å². The van der Waals surface area contributed by atoms with Gasteiger partial charge in [0.1, 0.15) is 11.3 Å². The van der Waals surface area contributed by atoms with Gasteiger partial charge in [-0.2, -0.15) is 4.99 Å². The molecule has 0 atom stereocenters. The molecule has 1 heterocycles. The Labute approximate surface area is 180 Å². The Hall–Kier alpha value is -2.45. The number of ether oxygens (including phenoxy) is 1. The van der Waals surface area contributed by atoms with Crippen molar-refractivity contribution >= 4 is 37.3 Å². The molecule has 3 rings (SSSR count). The molecule has 0 spiro atoms. The molecular formula is C22H26N2O4S2. The van der Waals surface area contributed by atoms with E-state index < -0.39 is 9.84 Å². The van der Waals surface area contributed by atoms with Crippen molar-refractivity contribution in [2.45, 2.75) is 45.1 Å². The summed E-state index contributed by atoms with van der Waals surface area (Å²) in [5.41, 5.74) is 3.02. The lowest BCUT2D eigenvalue weighted by Crippen LogP contribution is -2.16. The lowest BCUT2D eigenvalue weighted by Gasteiger charge is -2.07. The molecule has 0 radical (unpaired) electrons. The topological polar surface area (TPSA) is 77.7 Å². The van der Waals surface area contributed by atoms with Gasteiger partial charge >= 0.3 is 0 Å². The van der Waals surface area contributed by atoms with Crippen LogP contribution in [0.5, 0.6) is 5.75 Å². The van der Waals surface area contributed by atoms with Crippen molar-refractivity contribution in [3.8, 4) is 5.75 Å². The lowest BCUT2D eigenvalue weighted by atomic mass is 10.2. The molecule has 0 unspecified atom stereocenters. The first-order valence-electron chi connectivity index (χ1n) is 9.80. The summed E-state index contributed by atoms with van der Waals surface area (Å²) in [6.45, 7) is 6.56. The largest absolute Gasteiger partial charge is 0.495 e. The van der Waals surface area contributed by atoms with Crippen LogP contribution >= 0.6 is 11.3 Å². The Morgan fingerprint density at radius 1 is 1.13 bits per heavy atom. The molecule has 0 aliphatic carbocycles. The number of methoxy groups -OCH3 is 1. The van der Waals surface area contributed by atoms with E-state index in [4.69, 9.17) is 4.74 Å². The fraction of sp³-hybridized carbons (Fsp3) is 0.364. The van der Waals surface area contributed by atoms with Crippen LogP contribution in [0.4, 0.5) is 0 Å². The number of carbonyl (C=O) groups excluding carboxylic acids is 1. The number of fused-ring (bicyclic) bond motifs is 1. The molecule has 2 aromatic carbocycles. The van der Waals surface area contributed by atoms with Crippen molar-refractivity contribution in [1.82, 2.24) is 4.57 Å². The van der Waals surface area contributed by atoms with Crippen LogP contribution in [0.2, 0.25) is 0 Å².